The number of amides is 1. The number of nitrogens with one attached hydrogen (secondary N) is 2. The molecule has 0 unspecified atom stereocenters. The first-order valence-electron chi connectivity index (χ1n) is 12.4. The van der Waals surface area contributed by atoms with E-state index in [1.54, 1.807) is 37.2 Å². The highest BCUT2D eigenvalue weighted by molar-refractivity contribution is 6.03. The second-order valence-electron chi connectivity index (χ2n) is 9.45. The molecule has 2 aromatic heterocycles. The lowest BCUT2D eigenvalue weighted by atomic mass is 9.98. The number of rotatable bonds is 4. The van der Waals surface area contributed by atoms with Crippen LogP contribution in [-0.4, -0.2) is 41.8 Å². The summed E-state index contributed by atoms with van der Waals surface area (Å²) in [6.45, 7) is 2.95. The van der Waals surface area contributed by atoms with Gasteiger partial charge in [0.05, 0.1) is 23.6 Å². The molecule has 1 aromatic carbocycles. The summed E-state index contributed by atoms with van der Waals surface area (Å²) in [5.41, 5.74) is 1.76. The number of fused-ring (bicyclic) bond motifs is 3. The molecule has 2 N–H and O–H groups in total. The summed E-state index contributed by atoms with van der Waals surface area (Å²) in [5, 5.41) is 9.80. The summed E-state index contributed by atoms with van der Waals surface area (Å²) < 4.78 is 57.9. The van der Waals surface area contributed by atoms with E-state index in [0.29, 0.717) is 52.9 Å². The molecule has 3 aliphatic rings. The second-order valence-corrected chi connectivity index (χ2v) is 9.45. The molecule has 1 amide bonds. The Morgan fingerprint density at radius 3 is 2.71 bits per heavy atom. The maximum Gasteiger partial charge on any atom is 0.416 e. The second kappa shape index (κ2) is 9.80. The van der Waals surface area contributed by atoms with E-state index in [0.717, 1.165) is 18.1 Å². The Kier molecular flexibility index (Phi) is 6.24. The van der Waals surface area contributed by atoms with E-state index in [2.05, 4.69) is 35.7 Å². The van der Waals surface area contributed by atoms with Gasteiger partial charge in [-0.15, -0.1) is 0 Å². The van der Waals surface area contributed by atoms with Gasteiger partial charge in [-0.2, -0.15) is 23.3 Å². The quantitative estimate of drug-likeness (QED) is 0.310. The fourth-order valence-electron chi connectivity index (χ4n) is 4.68. The third-order valence-electron chi connectivity index (χ3n) is 6.58. The molecule has 6 rings (SSSR count). The number of hydrogen-bond acceptors (Lipinski definition) is 7. The van der Waals surface area contributed by atoms with Crippen LogP contribution in [0.4, 0.5) is 34.8 Å². The molecule has 10 nitrogen and oxygen atoms in total. The molecule has 0 saturated heterocycles. The Bertz CT molecular complexity index is 1860. The fourth-order valence-corrected chi connectivity index (χ4v) is 4.68. The van der Waals surface area contributed by atoms with Crippen molar-refractivity contribution in [2.45, 2.75) is 19.6 Å². The molecular weight excluding hydrogens is 542 g/mol. The van der Waals surface area contributed by atoms with Crippen molar-refractivity contribution in [3.05, 3.63) is 83.4 Å². The van der Waals surface area contributed by atoms with Gasteiger partial charge in [0, 0.05) is 43.7 Å². The van der Waals surface area contributed by atoms with Crippen molar-refractivity contribution in [2.75, 3.05) is 17.2 Å². The summed E-state index contributed by atoms with van der Waals surface area (Å²) in [5.74, 6) is -0.334. The summed E-state index contributed by atoms with van der Waals surface area (Å²) in [6.07, 6.45) is 1.22. The number of aryl methyl sites for hydroxylation is 2. The Labute approximate surface area is 229 Å². The van der Waals surface area contributed by atoms with Crippen LogP contribution in [0.3, 0.4) is 0 Å². The zero-order chi connectivity index (χ0) is 28.9. The Morgan fingerprint density at radius 2 is 1.95 bits per heavy atom. The number of nitrogens with zero attached hydrogens (tertiary/aromatic N) is 7. The van der Waals surface area contributed by atoms with Gasteiger partial charge in [-0.25, -0.2) is 14.4 Å². The van der Waals surface area contributed by atoms with Gasteiger partial charge < -0.3 is 15.2 Å². The number of aromatic nitrogens is 6. The van der Waals surface area contributed by atoms with Gasteiger partial charge >= 0.3 is 6.18 Å². The van der Waals surface area contributed by atoms with Gasteiger partial charge in [0.15, 0.2) is 0 Å². The van der Waals surface area contributed by atoms with Crippen LogP contribution >= 0.6 is 0 Å². The summed E-state index contributed by atoms with van der Waals surface area (Å²) in [7, 11) is 1.78. The molecule has 3 aromatic rings. The number of carbonyl (C=O) groups excluding carboxylic acids is 1. The summed E-state index contributed by atoms with van der Waals surface area (Å²) in [4.78, 5) is 29.9. The number of pyridine rings is 2. The van der Waals surface area contributed by atoms with Crippen LogP contribution in [0.2, 0.25) is 0 Å². The van der Waals surface area contributed by atoms with Crippen LogP contribution in [0.5, 0.6) is 0 Å². The maximum atomic E-state index is 15.0. The molecule has 14 heteroatoms. The lowest BCUT2D eigenvalue weighted by Gasteiger charge is -2.19. The van der Waals surface area contributed by atoms with Crippen LogP contribution in [0, 0.1) is 12.7 Å². The first-order chi connectivity index (χ1) is 19.6. The monoisotopic (exact) mass is 563 g/mol. The van der Waals surface area contributed by atoms with E-state index in [9.17, 15) is 22.4 Å². The van der Waals surface area contributed by atoms with Crippen molar-refractivity contribution in [2.24, 2.45) is 12.0 Å². The number of carbonyl (C=O) groups is 1. The predicted molar refractivity (Wildman–Crippen MR) is 141 cm³/mol. The first-order valence-corrected chi connectivity index (χ1v) is 12.4. The van der Waals surface area contributed by atoms with Gasteiger partial charge in [0.25, 0.3) is 11.5 Å². The SMILES string of the molecule is Cc1cc(F)c(NC(=O)c2cc(C(F)(F)F)ccn2)cc1-c1cc2cnc(=Nc3cnn(C)c3)nc-2n2c1NCC2. The van der Waals surface area contributed by atoms with Crippen molar-refractivity contribution in [1.82, 2.24) is 29.3 Å². The minimum absolute atomic E-state index is 0.200. The number of benzene rings is 1. The normalized spacial score (nSPS) is 13.4. The number of hydrogen-bond donors (Lipinski definition) is 2. The molecule has 3 aliphatic heterocycles. The molecule has 0 atom stereocenters. The van der Waals surface area contributed by atoms with Crippen molar-refractivity contribution in [3.8, 4) is 22.5 Å². The molecule has 0 bridgehead atoms. The number of alkyl halides is 3. The van der Waals surface area contributed by atoms with E-state index in [4.69, 9.17) is 0 Å². The Balaban J connectivity index is 1.40. The van der Waals surface area contributed by atoms with E-state index in [1.807, 2.05) is 10.6 Å². The van der Waals surface area contributed by atoms with Crippen LogP contribution in [-0.2, 0) is 19.8 Å². The third-order valence-corrected chi connectivity index (χ3v) is 6.58. The van der Waals surface area contributed by atoms with Gasteiger partial charge in [-0.1, -0.05) is 0 Å². The van der Waals surface area contributed by atoms with Crippen molar-refractivity contribution >= 4 is 23.1 Å². The number of anilines is 2. The molecule has 208 valence electrons. The van der Waals surface area contributed by atoms with Crippen molar-refractivity contribution < 1.29 is 22.4 Å². The van der Waals surface area contributed by atoms with E-state index in [-0.39, 0.29) is 11.3 Å². The zero-order valence-electron chi connectivity index (χ0n) is 21.7. The van der Waals surface area contributed by atoms with E-state index in [1.165, 1.54) is 12.1 Å². The van der Waals surface area contributed by atoms with Crippen LogP contribution < -0.4 is 16.3 Å². The van der Waals surface area contributed by atoms with Crippen molar-refractivity contribution in [1.29, 1.82) is 0 Å². The minimum atomic E-state index is -4.65. The average molecular weight is 564 g/mol. The van der Waals surface area contributed by atoms with Crippen LogP contribution in [0.15, 0.2) is 60.1 Å². The highest BCUT2D eigenvalue weighted by atomic mass is 19.4. The lowest BCUT2D eigenvalue weighted by Crippen LogP contribution is -2.18. The largest absolute Gasteiger partial charge is 0.416 e. The van der Waals surface area contributed by atoms with E-state index >= 15 is 0 Å². The van der Waals surface area contributed by atoms with Gasteiger partial charge in [-0.3, -0.25) is 14.5 Å². The fraction of sp³-hybridized carbons (Fsp3) is 0.185. The van der Waals surface area contributed by atoms with Gasteiger partial charge in [0.1, 0.15) is 28.8 Å². The molecule has 0 saturated carbocycles. The van der Waals surface area contributed by atoms with Crippen LogP contribution in [0.1, 0.15) is 21.6 Å². The lowest BCUT2D eigenvalue weighted by molar-refractivity contribution is -0.137. The standard InChI is InChI=1S/C27H21F4N9O/c1-14-7-20(28)21(37-25(41)22-9-16(3-4-32-22)27(29,30)31)10-18(14)19-8-15-11-34-26(36-17-12-35-39(2)13-17)38-23(15)40-6-5-33-24(19)40/h3-4,7-13,33H,5-6H2,1-2H3,(H,37,41). The highest BCUT2D eigenvalue weighted by Gasteiger charge is 2.31. The predicted octanol–water partition coefficient (Wildman–Crippen LogP) is 4.55. The molecular formula is C27H21F4N9O. The molecule has 0 spiro atoms. The van der Waals surface area contributed by atoms with Gasteiger partial charge in [-0.05, 0) is 48.4 Å². The maximum absolute atomic E-state index is 15.0. The van der Waals surface area contributed by atoms with Crippen LogP contribution in [0.25, 0.3) is 22.5 Å². The highest BCUT2D eigenvalue weighted by Crippen LogP contribution is 2.39. The first kappa shape index (κ1) is 26.1. The summed E-state index contributed by atoms with van der Waals surface area (Å²) >= 11 is 0. The minimum Gasteiger partial charge on any atom is -0.369 e. The van der Waals surface area contributed by atoms with E-state index < -0.39 is 29.2 Å². The molecule has 5 heterocycles. The Hall–Kier alpha value is -5.14. The smallest absolute Gasteiger partial charge is 0.369 e. The molecule has 0 fully saturated rings. The van der Waals surface area contributed by atoms with Gasteiger partial charge in [0.2, 0.25) is 0 Å². The molecule has 41 heavy (non-hydrogen) atoms. The number of halogens is 4. The molecule has 0 aliphatic carbocycles. The third kappa shape index (κ3) is 4.99. The molecule has 0 radical (unpaired) electrons. The van der Waals surface area contributed by atoms with Crippen molar-refractivity contribution in [3.63, 3.8) is 0 Å². The topological polar surface area (TPSA) is 115 Å². The average Bonchev–Trinajstić information content (AvgIpc) is 3.59. The summed E-state index contributed by atoms with van der Waals surface area (Å²) in [6, 6.07) is 5.94. The Morgan fingerprint density at radius 1 is 1.12 bits per heavy atom. The zero-order valence-corrected chi connectivity index (χ0v) is 21.7.